The summed E-state index contributed by atoms with van der Waals surface area (Å²) >= 11 is 0. The van der Waals surface area contributed by atoms with E-state index in [-0.39, 0.29) is 6.54 Å². The van der Waals surface area contributed by atoms with E-state index in [1.165, 1.54) is 0 Å². The van der Waals surface area contributed by atoms with Gasteiger partial charge in [0.2, 0.25) is 0 Å². The Morgan fingerprint density at radius 2 is 1.82 bits per heavy atom. The highest BCUT2D eigenvalue weighted by molar-refractivity contribution is 5.35. The van der Waals surface area contributed by atoms with Gasteiger partial charge in [0.05, 0.1) is 0 Å². The Hall–Kier alpha value is -1.71. The largest absolute Gasteiger partial charge is 0.379 e. The van der Waals surface area contributed by atoms with Crippen LogP contribution in [0.4, 0.5) is 0 Å². The number of hydrogen-bond acceptors (Lipinski definition) is 3. The molecule has 0 bridgehead atoms. The maximum Gasteiger partial charge on any atom is 0.128 e. The van der Waals surface area contributed by atoms with Crippen LogP contribution in [0.5, 0.6) is 0 Å². The number of hydrogen-bond donors (Lipinski definition) is 2. The summed E-state index contributed by atoms with van der Waals surface area (Å²) < 4.78 is 0. The second-order valence-electron chi connectivity index (χ2n) is 4.12. The zero-order valence-electron chi connectivity index (χ0n) is 9.80. The molecule has 3 heteroatoms. The fraction of sp³-hybridized carbons (Fsp3) is 0.214. The first-order valence-corrected chi connectivity index (χ1v) is 5.58. The van der Waals surface area contributed by atoms with E-state index in [0.29, 0.717) is 0 Å². The Morgan fingerprint density at radius 3 is 2.35 bits per heavy atom. The molecule has 2 aromatic rings. The molecule has 0 spiro atoms. The van der Waals surface area contributed by atoms with Gasteiger partial charge in [-0.05, 0) is 18.6 Å². The summed E-state index contributed by atoms with van der Waals surface area (Å²) in [4.78, 5) is 4.20. The maximum atomic E-state index is 10.7. The van der Waals surface area contributed by atoms with Gasteiger partial charge in [0.15, 0.2) is 0 Å². The van der Waals surface area contributed by atoms with Crippen LogP contribution in [0.25, 0.3) is 0 Å². The highest BCUT2D eigenvalue weighted by Crippen LogP contribution is 2.27. The van der Waals surface area contributed by atoms with Crippen molar-refractivity contribution in [3.8, 4) is 0 Å². The topological polar surface area (TPSA) is 59.1 Å². The van der Waals surface area contributed by atoms with Crippen molar-refractivity contribution in [2.45, 2.75) is 12.5 Å². The number of aliphatic hydroxyl groups is 1. The molecular formula is C14H16N2O. The predicted molar refractivity (Wildman–Crippen MR) is 67.5 cm³/mol. The van der Waals surface area contributed by atoms with Crippen LogP contribution in [0.3, 0.4) is 0 Å². The van der Waals surface area contributed by atoms with Crippen LogP contribution in [-0.4, -0.2) is 16.6 Å². The van der Waals surface area contributed by atoms with Gasteiger partial charge in [-0.3, -0.25) is 4.98 Å². The molecule has 0 saturated heterocycles. The first-order chi connectivity index (χ1) is 8.16. The Bertz CT molecular complexity index is 481. The van der Waals surface area contributed by atoms with E-state index < -0.39 is 5.60 Å². The lowest BCUT2D eigenvalue weighted by atomic mass is 9.87. The van der Waals surface area contributed by atoms with Crippen molar-refractivity contribution in [2.75, 3.05) is 6.54 Å². The zero-order valence-corrected chi connectivity index (χ0v) is 9.80. The summed E-state index contributed by atoms with van der Waals surface area (Å²) in [7, 11) is 0. The number of aromatic nitrogens is 1. The molecule has 0 aliphatic carbocycles. The quantitative estimate of drug-likeness (QED) is 0.838. The molecular weight excluding hydrogens is 212 g/mol. The Morgan fingerprint density at radius 1 is 1.12 bits per heavy atom. The van der Waals surface area contributed by atoms with Gasteiger partial charge in [0.25, 0.3) is 0 Å². The fourth-order valence-corrected chi connectivity index (χ4v) is 1.83. The third-order valence-corrected chi connectivity index (χ3v) is 2.94. The van der Waals surface area contributed by atoms with Crippen LogP contribution in [0, 0.1) is 6.92 Å². The molecule has 0 radical (unpaired) electrons. The summed E-state index contributed by atoms with van der Waals surface area (Å²) in [6.45, 7) is 2.04. The molecule has 0 amide bonds. The SMILES string of the molecule is Cc1ccc(C(O)(CN)c2ccccc2)cn1. The van der Waals surface area contributed by atoms with Gasteiger partial charge in [-0.1, -0.05) is 36.4 Å². The van der Waals surface area contributed by atoms with Crippen LogP contribution in [0.15, 0.2) is 48.7 Å². The molecule has 3 nitrogen and oxygen atoms in total. The van der Waals surface area contributed by atoms with Crippen molar-refractivity contribution < 1.29 is 5.11 Å². The van der Waals surface area contributed by atoms with E-state index in [9.17, 15) is 5.11 Å². The highest BCUT2D eigenvalue weighted by Gasteiger charge is 2.29. The monoisotopic (exact) mass is 228 g/mol. The lowest BCUT2D eigenvalue weighted by molar-refractivity contribution is 0.0898. The van der Waals surface area contributed by atoms with Gasteiger partial charge in [0, 0.05) is 24.0 Å². The van der Waals surface area contributed by atoms with Crippen molar-refractivity contribution >= 4 is 0 Å². The second-order valence-corrected chi connectivity index (χ2v) is 4.12. The summed E-state index contributed by atoms with van der Waals surface area (Å²) in [5.41, 5.74) is 6.99. The molecule has 2 rings (SSSR count). The molecule has 0 saturated carbocycles. The number of nitrogens with two attached hydrogens (primary N) is 1. The highest BCUT2D eigenvalue weighted by atomic mass is 16.3. The van der Waals surface area contributed by atoms with Crippen LogP contribution >= 0.6 is 0 Å². The molecule has 1 atom stereocenters. The zero-order chi connectivity index (χ0) is 12.3. The average Bonchev–Trinajstić information content (AvgIpc) is 2.40. The van der Waals surface area contributed by atoms with Gasteiger partial charge in [-0.15, -0.1) is 0 Å². The van der Waals surface area contributed by atoms with Crippen molar-refractivity contribution in [1.29, 1.82) is 0 Å². The lowest BCUT2D eigenvalue weighted by Gasteiger charge is -2.27. The van der Waals surface area contributed by atoms with Crippen LogP contribution in [-0.2, 0) is 5.60 Å². The number of benzene rings is 1. The first kappa shape index (κ1) is 11.8. The molecule has 0 aliphatic heterocycles. The Balaban J connectivity index is 2.48. The number of rotatable bonds is 3. The normalized spacial score (nSPS) is 14.3. The molecule has 17 heavy (non-hydrogen) atoms. The van der Waals surface area contributed by atoms with Gasteiger partial charge < -0.3 is 10.8 Å². The summed E-state index contributed by atoms with van der Waals surface area (Å²) in [6.07, 6.45) is 1.68. The van der Waals surface area contributed by atoms with E-state index in [2.05, 4.69) is 4.98 Å². The van der Waals surface area contributed by atoms with Crippen molar-refractivity contribution in [2.24, 2.45) is 5.73 Å². The maximum absolute atomic E-state index is 10.7. The summed E-state index contributed by atoms with van der Waals surface area (Å²) in [5, 5.41) is 10.7. The number of aryl methyl sites for hydroxylation is 1. The molecule has 1 aromatic heterocycles. The minimum Gasteiger partial charge on any atom is -0.379 e. The van der Waals surface area contributed by atoms with Gasteiger partial charge in [-0.2, -0.15) is 0 Å². The third kappa shape index (κ3) is 2.20. The van der Waals surface area contributed by atoms with Crippen LogP contribution < -0.4 is 5.73 Å². The molecule has 0 fully saturated rings. The van der Waals surface area contributed by atoms with E-state index in [1.807, 2.05) is 49.4 Å². The number of pyridine rings is 1. The average molecular weight is 228 g/mol. The predicted octanol–water partition coefficient (Wildman–Crippen LogP) is 1.58. The van der Waals surface area contributed by atoms with E-state index >= 15 is 0 Å². The molecule has 1 heterocycles. The van der Waals surface area contributed by atoms with Gasteiger partial charge in [-0.25, -0.2) is 0 Å². The van der Waals surface area contributed by atoms with Gasteiger partial charge in [0.1, 0.15) is 5.60 Å². The third-order valence-electron chi connectivity index (χ3n) is 2.94. The Kier molecular flexibility index (Phi) is 3.22. The first-order valence-electron chi connectivity index (χ1n) is 5.58. The van der Waals surface area contributed by atoms with E-state index in [4.69, 9.17) is 5.73 Å². The molecule has 0 aliphatic rings. The van der Waals surface area contributed by atoms with Gasteiger partial charge >= 0.3 is 0 Å². The van der Waals surface area contributed by atoms with Crippen LogP contribution in [0.2, 0.25) is 0 Å². The minimum atomic E-state index is -1.16. The molecule has 88 valence electrons. The number of nitrogens with zero attached hydrogens (tertiary/aromatic N) is 1. The minimum absolute atomic E-state index is 0.127. The standard InChI is InChI=1S/C14H16N2O/c1-11-7-8-13(9-16-11)14(17,10-15)12-5-3-2-4-6-12/h2-9,17H,10,15H2,1H3. The summed E-state index contributed by atoms with van der Waals surface area (Å²) in [5.74, 6) is 0. The van der Waals surface area contributed by atoms with Crippen LogP contribution in [0.1, 0.15) is 16.8 Å². The van der Waals surface area contributed by atoms with E-state index in [0.717, 1.165) is 16.8 Å². The smallest absolute Gasteiger partial charge is 0.128 e. The molecule has 1 unspecified atom stereocenters. The molecule has 1 aromatic carbocycles. The second kappa shape index (κ2) is 4.65. The summed E-state index contributed by atoms with van der Waals surface area (Å²) in [6, 6.07) is 13.2. The van der Waals surface area contributed by atoms with Crippen molar-refractivity contribution in [3.63, 3.8) is 0 Å². The Labute approximate surface area is 101 Å². The lowest BCUT2D eigenvalue weighted by Crippen LogP contribution is -2.36. The van der Waals surface area contributed by atoms with Crippen molar-refractivity contribution in [3.05, 3.63) is 65.5 Å². The van der Waals surface area contributed by atoms with E-state index in [1.54, 1.807) is 6.20 Å². The van der Waals surface area contributed by atoms with Crippen molar-refractivity contribution in [1.82, 2.24) is 4.98 Å². The molecule has 3 N–H and O–H groups in total. The fourth-order valence-electron chi connectivity index (χ4n) is 1.83.